The number of carbonyl (C=O) groups excluding carboxylic acids is 3. The molecule has 8 heteroatoms. The standard InChI is InChI=1S/C21H21N3O4.ClH/c1-2-28-16-6-4-15(5-7-16)24-20(26)17-8-3-13(11-18(17)21(24)27)19(25)23-14-9-10-22-12-14;/h3-8,11,14,22H,2,9-10,12H2,1H3,(H,23,25);1H. The normalized spacial score (nSPS) is 17.7. The third-order valence-corrected chi connectivity index (χ3v) is 4.95. The molecule has 0 aromatic heterocycles. The first-order valence-corrected chi connectivity index (χ1v) is 9.35. The number of rotatable bonds is 5. The summed E-state index contributed by atoms with van der Waals surface area (Å²) in [6.07, 6.45) is 0.875. The van der Waals surface area contributed by atoms with Crippen molar-refractivity contribution in [3.05, 3.63) is 59.2 Å². The van der Waals surface area contributed by atoms with Crippen LogP contribution >= 0.6 is 12.4 Å². The number of ether oxygens (including phenoxy) is 1. The number of nitrogens with zero attached hydrogens (tertiary/aromatic N) is 1. The molecule has 7 nitrogen and oxygen atoms in total. The zero-order valence-corrected chi connectivity index (χ0v) is 16.8. The van der Waals surface area contributed by atoms with E-state index in [9.17, 15) is 14.4 Å². The summed E-state index contributed by atoms with van der Waals surface area (Å²) in [6.45, 7) is 4.03. The van der Waals surface area contributed by atoms with Crippen molar-refractivity contribution in [1.29, 1.82) is 0 Å². The maximum Gasteiger partial charge on any atom is 0.266 e. The number of imide groups is 1. The van der Waals surface area contributed by atoms with Crippen molar-refractivity contribution in [1.82, 2.24) is 10.6 Å². The average molecular weight is 416 g/mol. The highest BCUT2D eigenvalue weighted by atomic mass is 35.5. The molecule has 1 fully saturated rings. The molecule has 1 saturated heterocycles. The fourth-order valence-corrected chi connectivity index (χ4v) is 3.52. The van der Waals surface area contributed by atoms with Gasteiger partial charge in [0.1, 0.15) is 5.75 Å². The Hall–Kier alpha value is -2.90. The lowest BCUT2D eigenvalue weighted by molar-refractivity contribution is 0.0922. The predicted molar refractivity (Wildman–Crippen MR) is 111 cm³/mol. The van der Waals surface area contributed by atoms with Crippen LogP contribution in [0, 0.1) is 0 Å². The number of amides is 3. The fraction of sp³-hybridized carbons (Fsp3) is 0.286. The second-order valence-electron chi connectivity index (χ2n) is 6.80. The first-order chi connectivity index (χ1) is 13.6. The molecule has 2 aromatic carbocycles. The molecule has 2 N–H and O–H groups in total. The first kappa shape index (κ1) is 20.8. The molecule has 0 bridgehead atoms. The molecule has 1 unspecified atom stereocenters. The molecule has 0 radical (unpaired) electrons. The Kier molecular flexibility index (Phi) is 6.20. The Morgan fingerprint density at radius 3 is 2.52 bits per heavy atom. The number of anilines is 1. The van der Waals surface area contributed by atoms with E-state index in [-0.39, 0.29) is 29.9 Å². The van der Waals surface area contributed by atoms with E-state index in [1.54, 1.807) is 36.4 Å². The van der Waals surface area contributed by atoms with Gasteiger partial charge >= 0.3 is 0 Å². The van der Waals surface area contributed by atoms with Gasteiger partial charge in [0.2, 0.25) is 0 Å². The average Bonchev–Trinajstić information content (AvgIpc) is 3.30. The second kappa shape index (κ2) is 8.63. The Morgan fingerprint density at radius 1 is 1.14 bits per heavy atom. The predicted octanol–water partition coefficient (Wildman–Crippen LogP) is 2.40. The summed E-state index contributed by atoms with van der Waals surface area (Å²) in [7, 11) is 0. The van der Waals surface area contributed by atoms with Crippen LogP contribution in [-0.2, 0) is 0 Å². The number of benzene rings is 2. The van der Waals surface area contributed by atoms with Crippen LogP contribution in [0.25, 0.3) is 0 Å². The lowest BCUT2D eigenvalue weighted by atomic mass is 10.0. The van der Waals surface area contributed by atoms with Gasteiger partial charge in [0, 0.05) is 18.2 Å². The van der Waals surface area contributed by atoms with E-state index in [0.29, 0.717) is 29.2 Å². The van der Waals surface area contributed by atoms with Crippen molar-refractivity contribution >= 4 is 35.8 Å². The molecule has 0 saturated carbocycles. The molecular weight excluding hydrogens is 394 g/mol. The third kappa shape index (κ3) is 3.97. The van der Waals surface area contributed by atoms with Gasteiger partial charge < -0.3 is 15.4 Å². The van der Waals surface area contributed by atoms with E-state index in [4.69, 9.17) is 4.74 Å². The van der Waals surface area contributed by atoms with Crippen LogP contribution in [0.1, 0.15) is 44.4 Å². The molecule has 2 aliphatic rings. The highest BCUT2D eigenvalue weighted by Crippen LogP contribution is 2.30. The number of hydrogen-bond donors (Lipinski definition) is 2. The quantitative estimate of drug-likeness (QED) is 0.732. The Bertz CT molecular complexity index is 939. The number of fused-ring (bicyclic) bond motifs is 1. The fourth-order valence-electron chi connectivity index (χ4n) is 3.52. The number of hydrogen-bond acceptors (Lipinski definition) is 5. The number of halogens is 1. The maximum atomic E-state index is 12.9. The van der Waals surface area contributed by atoms with E-state index >= 15 is 0 Å². The van der Waals surface area contributed by atoms with Gasteiger partial charge in [-0.25, -0.2) is 4.90 Å². The summed E-state index contributed by atoms with van der Waals surface area (Å²) < 4.78 is 5.40. The van der Waals surface area contributed by atoms with Gasteiger partial charge in [-0.1, -0.05) is 0 Å². The summed E-state index contributed by atoms with van der Waals surface area (Å²) in [5.74, 6) is -0.392. The minimum atomic E-state index is -0.429. The Balaban J connectivity index is 0.00000240. The van der Waals surface area contributed by atoms with Crippen LogP contribution < -0.4 is 20.3 Å². The van der Waals surface area contributed by atoms with Crippen molar-refractivity contribution in [3.63, 3.8) is 0 Å². The van der Waals surface area contributed by atoms with Gasteiger partial charge in [-0.15, -0.1) is 12.4 Å². The lowest BCUT2D eigenvalue weighted by Gasteiger charge is -2.14. The van der Waals surface area contributed by atoms with Crippen LogP contribution in [0.4, 0.5) is 5.69 Å². The van der Waals surface area contributed by atoms with E-state index in [1.165, 1.54) is 6.07 Å². The van der Waals surface area contributed by atoms with Crippen LogP contribution in [0.5, 0.6) is 5.75 Å². The highest BCUT2D eigenvalue weighted by Gasteiger charge is 2.37. The first-order valence-electron chi connectivity index (χ1n) is 9.35. The molecule has 4 rings (SSSR count). The van der Waals surface area contributed by atoms with Crippen LogP contribution in [0.2, 0.25) is 0 Å². The minimum Gasteiger partial charge on any atom is -0.494 e. The van der Waals surface area contributed by atoms with E-state index in [2.05, 4.69) is 10.6 Å². The molecule has 2 aromatic rings. The highest BCUT2D eigenvalue weighted by molar-refractivity contribution is 6.34. The van der Waals surface area contributed by atoms with Gasteiger partial charge in [-0.05, 0) is 62.4 Å². The van der Waals surface area contributed by atoms with Gasteiger partial charge in [0.05, 0.1) is 23.4 Å². The molecule has 152 valence electrons. The molecule has 1 atom stereocenters. The van der Waals surface area contributed by atoms with Crippen molar-refractivity contribution < 1.29 is 19.1 Å². The Labute approximate surface area is 174 Å². The summed E-state index contributed by atoms with van der Waals surface area (Å²) >= 11 is 0. The summed E-state index contributed by atoms with van der Waals surface area (Å²) in [5, 5.41) is 6.14. The lowest BCUT2D eigenvalue weighted by Crippen LogP contribution is -2.36. The topological polar surface area (TPSA) is 87.7 Å². The van der Waals surface area contributed by atoms with E-state index in [0.717, 1.165) is 24.4 Å². The van der Waals surface area contributed by atoms with Crippen LogP contribution in [-0.4, -0.2) is 43.5 Å². The number of carbonyl (C=O) groups is 3. The Morgan fingerprint density at radius 2 is 1.86 bits per heavy atom. The zero-order chi connectivity index (χ0) is 19.7. The summed E-state index contributed by atoms with van der Waals surface area (Å²) in [6, 6.07) is 11.5. The zero-order valence-electron chi connectivity index (χ0n) is 15.9. The molecule has 29 heavy (non-hydrogen) atoms. The maximum absolute atomic E-state index is 12.9. The van der Waals surface area contributed by atoms with Crippen molar-refractivity contribution in [2.45, 2.75) is 19.4 Å². The molecule has 0 aliphatic carbocycles. The largest absolute Gasteiger partial charge is 0.494 e. The second-order valence-corrected chi connectivity index (χ2v) is 6.80. The van der Waals surface area contributed by atoms with E-state index in [1.807, 2.05) is 6.92 Å². The van der Waals surface area contributed by atoms with Crippen LogP contribution in [0.3, 0.4) is 0 Å². The molecule has 0 spiro atoms. The molecule has 2 aliphatic heterocycles. The molecule has 3 amide bonds. The minimum absolute atomic E-state index is 0. The summed E-state index contributed by atoms with van der Waals surface area (Å²) in [4.78, 5) is 39.2. The monoisotopic (exact) mass is 415 g/mol. The SMILES string of the molecule is CCOc1ccc(N2C(=O)c3ccc(C(=O)NC4CCNC4)cc3C2=O)cc1.Cl. The van der Waals surface area contributed by atoms with Gasteiger partial charge in [-0.2, -0.15) is 0 Å². The van der Waals surface area contributed by atoms with Gasteiger partial charge in [0.25, 0.3) is 17.7 Å². The number of nitrogens with one attached hydrogen (secondary N) is 2. The van der Waals surface area contributed by atoms with E-state index < -0.39 is 11.8 Å². The van der Waals surface area contributed by atoms with Crippen molar-refractivity contribution in [3.8, 4) is 5.75 Å². The van der Waals surface area contributed by atoms with Gasteiger partial charge in [0.15, 0.2) is 0 Å². The third-order valence-electron chi connectivity index (χ3n) is 4.95. The summed E-state index contributed by atoms with van der Waals surface area (Å²) in [5.41, 5.74) is 1.40. The van der Waals surface area contributed by atoms with Gasteiger partial charge in [-0.3, -0.25) is 14.4 Å². The van der Waals surface area contributed by atoms with Crippen molar-refractivity contribution in [2.75, 3.05) is 24.6 Å². The molecule has 2 heterocycles. The molecular formula is C21H22ClN3O4. The van der Waals surface area contributed by atoms with Crippen LogP contribution in [0.15, 0.2) is 42.5 Å². The van der Waals surface area contributed by atoms with Crippen molar-refractivity contribution in [2.24, 2.45) is 0 Å². The smallest absolute Gasteiger partial charge is 0.266 e.